The van der Waals surface area contributed by atoms with Crippen molar-refractivity contribution in [2.24, 2.45) is 0 Å². The predicted molar refractivity (Wildman–Crippen MR) is 109 cm³/mol. The van der Waals surface area contributed by atoms with Crippen LogP contribution in [0.25, 0.3) is 10.9 Å². The highest BCUT2D eigenvalue weighted by Crippen LogP contribution is 2.41. The molecule has 2 aliphatic rings. The quantitative estimate of drug-likeness (QED) is 0.780. The minimum Gasteiger partial charge on any atom is -0.356 e. The molecule has 1 saturated heterocycles. The van der Waals surface area contributed by atoms with Crippen molar-refractivity contribution in [2.75, 3.05) is 39.3 Å². The average molecular weight is 384 g/mol. The van der Waals surface area contributed by atoms with Crippen molar-refractivity contribution in [1.82, 2.24) is 14.8 Å². The first kappa shape index (κ1) is 19.0. The number of H-pyrrole nitrogens is 1. The number of nitrogens with zero attached hydrogens (tertiary/aromatic N) is 2. The third-order valence-electron chi connectivity index (χ3n) is 6.71. The Kier molecular flexibility index (Phi) is 4.91. The predicted octanol–water partition coefficient (Wildman–Crippen LogP) is 0.925. The van der Waals surface area contributed by atoms with Gasteiger partial charge < -0.3 is 19.7 Å². The molecule has 3 heterocycles. The number of hydrogen-bond donors (Lipinski definition) is 2. The molecule has 0 radical (unpaired) electrons. The number of rotatable bonds is 6. The number of fused-ring (bicyclic) bond motifs is 5. The highest BCUT2D eigenvalue weighted by atomic mass is 16.2. The van der Waals surface area contributed by atoms with Gasteiger partial charge in [0.05, 0.1) is 31.9 Å². The lowest BCUT2D eigenvalue weighted by molar-refractivity contribution is -0.896. The molecular formula is C22H31N4O2+. The molecule has 1 atom stereocenters. The number of nitrogens with one attached hydrogen (secondary N) is 2. The second-order valence-corrected chi connectivity index (χ2v) is 8.18. The number of carbonyl (C=O) groups excluding carboxylic acids is 2. The zero-order chi connectivity index (χ0) is 19.9. The monoisotopic (exact) mass is 383 g/mol. The molecule has 1 aromatic heterocycles. The Balaban J connectivity index is 1.64. The average Bonchev–Trinajstić information content (AvgIpc) is 3.09. The fraction of sp³-hybridized carbons (Fsp3) is 0.545. The van der Waals surface area contributed by atoms with E-state index in [1.54, 1.807) is 9.80 Å². The SMILES string of the molecule is CC[NH+](CC)CCCN1CC(=O)N2CCc3c([nH]c4ccccc34)[C@@]2(C)C1=O. The van der Waals surface area contributed by atoms with E-state index in [-0.39, 0.29) is 18.4 Å². The van der Waals surface area contributed by atoms with Crippen molar-refractivity contribution < 1.29 is 14.5 Å². The van der Waals surface area contributed by atoms with Crippen molar-refractivity contribution in [3.05, 3.63) is 35.5 Å². The van der Waals surface area contributed by atoms with Gasteiger partial charge in [0.25, 0.3) is 5.91 Å². The maximum absolute atomic E-state index is 13.6. The van der Waals surface area contributed by atoms with Crippen LogP contribution in [-0.2, 0) is 21.5 Å². The van der Waals surface area contributed by atoms with Crippen LogP contribution < -0.4 is 4.90 Å². The Hall–Kier alpha value is -2.34. The first-order valence-corrected chi connectivity index (χ1v) is 10.5. The number of carbonyl (C=O) groups is 2. The molecule has 2 aliphatic heterocycles. The van der Waals surface area contributed by atoms with Crippen LogP contribution in [0.4, 0.5) is 0 Å². The Bertz CT molecular complexity index is 901. The molecule has 0 saturated carbocycles. The van der Waals surface area contributed by atoms with Gasteiger partial charge in [-0.2, -0.15) is 0 Å². The molecule has 150 valence electrons. The lowest BCUT2D eigenvalue weighted by atomic mass is 9.83. The van der Waals surface area contributed by atoms with E-state index < -0.39 is 5.54 Å². The van der Waals surface area contributed by atoms with Gasteiger partial charge in [0.1, 0.15) is 0 Å². The van der Waals surface area contributed by atoms with Crippen LogP contribution in [0, 0.1) is 0 Å². The van der Waals surface area contributed by atoms with Gasteiger partial charge in [-0.15, -0.1) is 0 Å². The molecule has 6 nitrogen and oxygen atoms in total. The highest BCUT2D eigenvalue weighted by molar-refractivity contribution is 6.00. The molecule has 0 bridgehead atoms. The smallest absolute Gasteiger partial charge is 0.254 e. The van der Waals surface area contributed by atoms with Crippen LogP contribution in [0.5, 0.6) is 0 Å². The van der Waals surface area contributed by atoms with Crippen molar-refractivity contribution in [3.63, 3.8) is 0 Å². The number of para-hydroxylation sites is 1. The molecule has 1 aromatic carbocycles. The van der Waals surface area contributed by atoms with Gasteiger partial charge in [-0.1, -0.05) is 18.2 Å². The highest BCUT2D eigenvalue weighted by Gasteiger charge is 2.53. The van der Waals surface area contributed by atoms with Crippen molar-refractivity contribution in [3.8, 4) is 0 Å². The minimum absolute atomic E-state index is 0.0501. The summed E-state index contributed by atoms with van der Waals surface area (Å²) in [5, 5.41) is 1.17. The van der Waals surface area contributed by atoms with Crippen LogP contribution in [-0.4, -0.2) is 65.9 Å². The Morgan fingerprint density at radius 2 is 1.93 bits per heavy atom. The van der Waals surface area contributed by atoms with Crippen molar-refractivity contribution in [2.45, 2.75) is 39.2 Å². The topological polar surface area (TPSA) is 60.9 Å². The van der Waals surface area contributed by atoms with Crippen LogP contribution in [0.2, 0.25) is 0 Å². The van der Waals surface area contributed by atoms with Crippen molar-refractivity contribution in [1.29, 1.82) is 0 Å². The van der Waals surface area contributed by atoms with Gasteiger partial charge in [0.2, 0.25) is 5.91 Å². The van der Waals surface area contributed by atoms with E-state index in [4.69, 9.17) is 0 Å². The summed E-state index contributed by atoms with van der Waals surface area (Å²) in [5.74, 6) is 0.107. The number of benzene rings is 1. The lowest BCUT2D eigenvalue weighted by Gasteiger charge is -2.49. The number of amides is 2. The summed E-state index contributed by atoms with van der Waals surface area (Å²) in [6, 6.07) is 8.17. The molecule has 0 aliphatic carbocycles. The molecule has 0 unspecified atom stereocenters. The second kappa shape index (κ2) is 7.24. The largest absolute Gasteiger partial charge is 0.356 e. The lowest BCUT2D eigenvalue weighted by Crippen LogP contribution is -3.11. The summed E-state index contributed by atoms with van der Waals surface area (Å²) in [5.41, 5.74) is 2.20. The fourth-order valence-electron chi connectivity index (χ4n) is 4.99. The molecule has 6 heteroatoms. The normalized spacial score (nSPS) is 22.1. The first-order valence-electron chi connectivity index (χ1n) is 10.5. The number of aromatic amines is 1. The van der Waals surface area contributed by atoms with Gasteiger partial charge >= 0.3 is 0 Å². The van der Waals surface area contributed by atoms with E-state index in [2.05, 4.69) is 24.9 Å². The third-order valence-corrected chi connectivity index (χ3v) is 6.71. The molecule has 2 amide bonds. The van der Waals surface area contributed by atoms with Crippen molar-refractivity contribution >= 4 is 22.7 Å². The number of piperazine rings is 1. The standard InChI is InChI=1S/C22H30N4O2/c1-4-24(5-2)12-8-13-25-15-19(27)26-14-11-17-16-9-6-7-10-18(16)23-20(17)22(26,3)21(25)28/h6-7,9-10,23H,4-5,8,11-15H2,1-3H3/p+1/t22-/m0/s1. The minimum atomic E-state index is -0.927. The second-order valence-electron chi connectivity index (χ2n) is 8.18. The molecule has 0 spiro atoms. The van der Waals surface area contributed by atoms with E-state index in [0.717, 1.165) is 43.7 Å². The number of quaternary nitrogens is 1. The van der Waals surface area contributed by atoms with E-state index in [1.165, 1.54) is 15.8 Å². The van der Waals surface area contributed by atoms with Gasteiger partial charge in [-0.05, 0) is 38.8 Å². The maximum atomic E-state index is 13.6. The van der Waals surface area contributed by atoms with Gasteiger partial charge in [-0.3, -0.25) is 9.59 Å². The molecular weight excluding hydrogens is 352 g/mol. The number of aromatic nitrogens is 1. The summed E-state index contributed by atoms with van der Waals surface area (Å²) < 4.78 is 0. The van der Waals surface area contributed by atoms with E-state index in [0.29, 0.717) is 13.1 Å². The summed E-state index contributed by atoms with van der Waals surface area (Å²) in [7, 11) is 0. The van der Waals surface area contributed by atoms with Crippen LogP contribution in [0.1, 0.15) is 38.4 Å². The third kappa shape index (κ3) is 2.82. The molecule has 28 heavy (non-hydrogen) atoms. The van der Waals surface area contributed by atoms with Crippen LogP contribution in [0.3, 0.4) is 0 Å². The number of hydrogen-bond acceptors (Lipinski definition) is 2. The van der Waals surface area contributed by atoms with E-state index in [9.17, 15) is 9.59 Å². The van der Waals surface area contributed by atoms with Crippen LogP contribution >= 0.6 is 0 Å². The summed E-state index contributed by atoms with van der Waals surface area (Å²) in [6.45, 7) is 11.0. The van der Waals surface area contributed by atoms with Gasteiger partial charge in [-0.25, -0.2) is 0 Å². The summed E-state index contributed by atoms with van der Waals surface area (Å²) in [4.78, 5) is 35.1. The molecule has 1 fully saturated rings. The van der Waals surface area contributed by atoms with E-state index >= 15 is 0 Å². The Labute approximate surface area is 166 Å². The molecule has 2 aromatic rings. The first-order chi connectivity index (χ1) is 13.5. The van der Waals surface area contributed by atoms with Gasteiger partial charge in [0, 0.05) is 30.4 Å². The molecule has 4 rings (SSSR count). The maximum Gasteiger partial charge on any atom is 0.254 e. The Morgan fingerprint density at radius 1 is 1.18 bits per heavy atom. The zero-order valence-electron chi connectivity index (χ0n) is 17.2. The van der Waals surface area contributed by atoms with Gasteiger partial charge in [0.15, 0.2) is 5.54 Å². The summed E-state index contributed by atoms with van der Waals surface area (Å²) in [6.07, 6.45) is 1.71. The van der Waals surface area contributed by atoms with E-state index in [1.807, 2.05) is 25.1 Å². The summed E-state index contributed by atoms with van der Waals surface area (Å²) >= 11 is 0. The fourth-order valence-corrected chi connectivity index (χ4v) is 4.99. The Morgan fingerprint density at radius 3 is 2.68 bits per heavy atom. The van der Waals surface area contributed by atoms with Crippen LogP contribution in [0.15, 0.2) is 24.3 Å². The molecule has 2 N–H and O–H groups in total. The zero-order valence-corrected chi connectivity index (χ0v) is 17.2.